The van der Waals surface area contributed by atoms with Gasteiger partial charge in [0.15, 0.2) is 0 Å². The van der Waals surface area contributed by atoms with Crippen LogP contribution < -0.4 is 4.74 Å². The molecule has 1 aromatic carbocycles. The van der Waals surface area contributed by atoms with E-state index in [1.165, 1.54) is 4.90 Å². The Morgan fingerprint density at radius 2 is 2.06 bits per heavy atom. The summed E-state index contributed by atoms with van der Waals surface area (Å²) in [5, 5.41) is 21.7. The summed E-state index contributed by atoms with van der Waals surface area (Å²) in [7, 11) is 1.61. The Morgan fingerprint density at radius 1 is 1.24 bits per heavy atom. The van der Waals surface area contributed by atoms with Gasteiger partial charge in [-0.25, -0.2) is 0 Å². The third kappa shape index (κ3) is 6.05. The summed E-state index contributed by atoms with van der Waals surface area (Å²) in [6.45, 7) is 2.30. The maximum Gasteiger partial charge on any atom is 0.308 e. The van der Waals surface area contributed by atoms with E-state index in [9.17, 15) is 15.0 Å². The lowest BCUT2D eigenvalue weighted by Gasteiger charge is -2.37. The van der Waals surface area contributed by atoms with E-state index < -0.39 is 18.0 Å². The Hall–Kier alpha value is -2.68. The van der Waals surface area contributed by atoms with Crippen LogP contribution in [0.15, 0.2) is 59.9 Å². The number of aliphatic hydroxyl groups is 1. The van der Waals surface area contributed by atoms with Crippen LogP contribution in [0.5, 0.6) is 5.75 Å². The number of thioether (sulfide) groups is 1. The number of ether oxygens (including phenoxy) is 1. The second-order valence-corrected chi connectivity index (χ2v) is 9.87. The van der Waals surface area contributed by atoms with Gasteiger partial charge in [-0.05, 0) is 73.7 Å². The SMILES string of the molecule is COc1ccc2nccc([C@@H](O)CC[C@@H]3CCN(CCSc4ccncc4)C[C@@H]3C(=O)O)c2c1. The predicted molar refractivity (Wildman–Crippen MR) is 133 cm³/mol. The molecule has 3 heterocycles. The normalized spacial score (nSPS) is 19.7. The van der Waals surface area contributed by atoms with Gasteiger partial charge in [0.1, 0.15) is 5.75 Å². The summed E-state index contributed by atoms with van der Waals surface area (Å²) in [6, 6.07) is 11.4. The van der Waals surface area contributed by atoms with Crippen molar-refractivity contribution in [3.63, 3.8) is 0 Å². The lowest BCUT2D eigenvalue weighted by molar-refractivity contribution is -0.146. The number of rotatable bonds is 10. The smallest absolute Gasteiger partial charge is 0.308 e. The number of hydrogen-bond acceptors (Lipinski definition) is 7. The highest BCUT2D eigenvalue weighted by Gasteiger charge is 2.34. The van der Waals surface area contributed by atoms with Gasteiger partial charge in [0.25, 0.3) is 0 Å². The molecule has 1 fully saturated rings. The van der Waals surface area contributed by atoms with E-state index in [4.69, 9.17) is 4.74 Å². The van der Waals surface area contributed by atoms with Crippen molar-refractivity contribution in [2.45, 2.75) is 30.3 Å². The van der Waals surface area contributed by atoms with Crippen LogP contribution in [0.1, 0.15) is 30.9 Å². The Bertz CT molecular complexity index is 1100. The third-order valence-corrected chi connectivity index (χ3v) is 7.63. The van der Waals surface area contributed by atoms with Crippen molar-refractivity contribution in [2.75, 3.05) is 32.5 Å². The van der Waals surface area contributed by atoms with Gasteiger partial charge in [-0.2, -0.15) is 0 Å². The van der Waals surface area contributed by atoms with Crippen LogP contribution in [0.3, 0.4) is 0 Å². The minimum atomic E-state index is -0.745. The molecule has 0 radical (unpaired) electrons. The number of carboxylic acid groups (broad SMARTS) is 1. The molecule has 0 saturated carbocycles. The van der Waals surface area contributed by atoms with Gasteiger partial charge in [-0.15, -0.1) is 11.8 Å². The highest BCUT2D eigenvalue weighted by Crippen LogP contribution is 2.34. The molecule has 0 spiro atoms. The molecule has 3 aromatic rings. The first-order valence-corrected chi connectivity index (χ1v) is 12.6. The maximum absolute atomic E-state index is 12.0. The fourth-order valence-corrected chi connectivity index (χ4v) is 5.61. The second-order valence-electron chi connectivity index (χ2n) is 8.70. The topological polar surface area (TPSA) is 95.8 Å². The first-order chi connectivity index (χ1) is 16.5. The zero-order valence-corrected chi connectivity index (χ0v) is 20.2. The second kappa shape index (κ2) is 11.6. The van der Waals surface area contributed by atoms with Crippen LogP contribution in [0.4, 0.5) is 0 Å². The number of carbonyl (C=O) groups is 1. The Kier molecular flexibility index (Phi) is 8.37. The van der Waals surface area contributed by atoms with E-state index in [2.05, 4.69) is 14.9 Å². The molecule has 0 aliphatic carbocycles. The molecule has 0 bridgehead atoms. The highest BCUT2D eigenvalue weighted by atomic mass is 32.2. The molecule has 180 valence electrons. The van der Waals surface area contributed by atoms with Crippen LogP contribution in [0.25, 0.3) is 10.9 Å². The molecule has 1 aliphatic heterocycles. The van der Waals surface area contributed by atoms with Gasteiger partial charge in [0.2, 0.25) is 0 Å². The summed E-state index contributed by atoms with van der Waals surface area (Å²) in [4.78, 5) is 23.9. The zero-order valence-electron chi connectivity index (χ0n) is 19.3. The fraction of sp³-hybridized carbons (Fsp3) is 0.423. The Balaban J connectivity index is 1.34. The Morgan fingerprint density at radius 3 is 2.82 bits per heavy atom. The maximum atomic E-state index is 12.0. The molecule has 1 saturated heterocycles. The molecule has 2 aromatic heterocycles. The standard InChI is InChI=1S/C26H31N3O4S/c1-33-19-3-4-24-22(16-19)21(8-12-28-24)25(30)5-2-18-9-13-29(17-23(18)26(31)32)14-15-34-20-6-10-27-11-7-20/h3-4,6-8,10-12,16,18,23,25,30H,2,5,9,13-15,17H2,1H3,(H,31,32)/t18-,23+,25+/m1/s1. The van der Waals surface area contributed by atoms with E-state index in [0.29, 0.717) is 25.1 Å². The van der Waals surface area contributed by atoms with Crippen molar-refractivity contribution in [3.8, 4) is 5.75 Å². The van der Waals surface area contributed by atoms with E-state index in [-0.39, 0.29) is 5.92 Å². The molecule has 0 amide bonds. The van der Waals surface area contributed by atoms with Gasteiger partial charge in [-0.1, -0.05) is 0 Å². The van der Waals surface area contributed by atoms with Crippen LogP contribution >= 0.6 is 11.8 Å². The number of piperidine rings is 1. The molecule has 34 heavy (non-hydrogen) atoms. The number of hydrogen-bond donors (Lipinski definition) is 2. The summed E-state index contributed by atoms with van der Waals surface area (Å²) in [5.74, 6) is 0.526. The largest absolute Gasteiger partial charge is 0.497 e. The van der Waals surface area contributed by atoms with Crippen LogP contribution in [-0.2, 0) is 4.79 Å². The van der Waals surface area contributed by atoms with Crippen molar-refractivity contribution < 1.29 is 19.7 Å². The Labute approximate surface area is 204 Å². The van der Waals surface area contributed by atoms with Crippen molar-refractivity contribution in [2.24, 2.45) is 11.8 Å². The molecule has 8 heteroatoms. The van der Waals surface area contributed by atoms with Gasteiger partial charge < -0.3 is 19.8 Å². The monoisotopic (exact) mass is 481 g/mol. The average molecular weight is 482 g/mol. The number of methoxy groups -OCH3 is 1. The molecular weight excluding hydrogens is 450 g/mol. The number of aromatic nitrogens is 2. The average Bonchev–Trinajstić information content (AvgIpc) is 2.87. The van der Waals surface area contributed by atoms with Crippen molar-refractivity contribution >= 4 is 28.6 Å². The fourth-order valence-electron chi connectivity index (χ4n) is 4.72. The summed E-state index contributed by atoms with van der Waals surface area (Å²) in [5.41, 5.74) is 1.61. The summed E-state index contributed by atoms with van der Waals surface area (Å²) in [6.07, 6.45) is 6.61. The third-order valence-electron chi connectivity index (χ3n) is 6.64. The first-order valence-electron chi connectivity index (χ1n) is 11.6. The molecule has 7 nitrogen and oxygen atoms in total. The van der Waals surface area contributed by atoms with Gasteiger partial charge in [-0.3, -0.25) is 14.8 Å². The van der Waals surface area contributed by atoms with Gasteiger partial charge in [0.05, 0.1) is 24.6 Å². The van der Waals surface area contributed by atoms with Crippen LogP contribution in [-0.4, -0.2) is 63.5 Å². The van der Waals surface area contributed by atoms with E-state index in [1.807, 2.05) is 36.4 Å². The molecule has 2 N–H and O–H groups in total. The van der Waals surface area contributed by atoms with Crippen molar-refractivity contribution in [1.82, 2.24) is 14.9 Å². The van der Waals surface area contributed by atoms with Crippen LogP contribution in [0.2, 0.25) is 0 Å². The first kappa shape index (κ1) is 24.4. The molecule has 4 rings (SSSR count). The van der Waals surface area contributed by atoms with E-state index in [1.54, 1.807) is 37.5 Å². The number of nitrogens with zero attached hydrogens (tertiary/aromatic N) is 3. The predicted octanol–water partition coefficient (Wildman–Crippen LogP) is 4.27. The minimum Gasteiger partial charge on any atom is -0.497 e. The lowest BCUT2D eigenvalue weighted by atomic mass is 9.81. The lowest BCUT2D eigenvalue weighted by Crippen LogP contribution is -2.44. The quantitative estimate of drug-likeness (QED) is 0.415. The molecule has 3 atom stereocenters. The molecule has 0 unspecified atom stereocenters. The number of aliphatic hydroxyl groups excluding tert-OH is 1. The number of carboxylic acids is 1. The number of benzene rings is 1. The van der Waals surface area contributed by atoms with Crippen molar-refractivity contribution in [3.05, 3.63) is 60.6 Å². The zero-order chi connectivity index (χ0) is 23.9. The number of aliphatic carboxylic acids is 1. The van der Waals surface area contributed by atoms with Crippen molar-refractivity contribution in [1.29, 1.82) is 0 Å². The highest BCUT2D eigenvalue weighted by molar-refractivity contribution is 7.99. The van der Waals surface area contributed by atoms with Gasteiger partial charge >= 0.3 is 5.97 Å². The number of fused-ring (bicyclic) bond motifs is 1. The van der Waals surface area contributed by atoms with Crippen LogP contribution in [0, 0.1) is 11.8 Å². The van der Waals surface area contributed by atoms with Gasteiger partial charge in [0, 0.05) is 47.7 Å². The molecule has 1 aliphatic rings. The summed E-state index contributed by atoms with van der Waals surface area (Å²) < 4.78 is 5.33. The number of likely N-dealkylation sites (tertiary alicyclic amines) is 1. The summed E-state index contributed by atoms with van der Waals surface area (Å²) >= 11 is 1.76. The van der Waals surface area contributed by atoms with E-state index in [0.717, 1.165) is 41.7 Å². The molecular formula is C26H31N3O4S. The van der Waals surface area contributed by atoms with E-state index >= 15 is 0 Å². The minimum absolute atomic E-state index is 0.0545. The number of pyridine rings is 2.